The predicted octanol–water partition coefficient (Wildman–Crippen LogP) is 3.08. The lowest BCUT2D eigenvalue weighted by Crippen LogP contribution is -2.24. The molecule has 4 heteroatoms. The lowest BCUT2D eigenvalue weighted by molar-refractivity contribution is 0.0667. The molecule has 0 bridgehead atoms. The van der Waals surface area contributed by atoms with Crippen LogP contribution in [0.1, 0.15) is 37.4 Å². The third kappa shape index (κ3) is 2.03. The maximum absolute atomic E-state index is 13.1. The quantitative estimate of drug-likeness (QED) is 0.859. The number of aliphatic hydroxyl groups is 1. The Kier molecular flexibility index (Phi) is 3.12. The zero-order valence-corrected chi connectivity index (χ0v) is 9.29. The van der Waals surface area contributed by atoms with Gasteiger partial charge in [-0.3, -0.25) is 0 Å². The lowest BCUT2D eigenvalue weighted by atomic mass is 9.79. The second-order valence-corrected chi connectivity index (χ2v) is 4.55. The molecule has 0 aromatic heterocycles. The zero-order valence-electron chi connectivity index (χ0n) is 9.29. The van der Waals surface area contributed by atoms with Crippen LogP contribution in [0.3, 0.4) is 0 Å². The lowest BCUT2D eigenvalue weighted by Gasteiger charge is -2.27. The molecule has 1 fully saturated rings. The SMILES string of the molecule is N#CC1(C(O)c2ccc(F)c(F)c2)CCCC1. The number of halogens is 2. The minimum atomic E-state index is -1.05. The smallest absolute Gasteiger partial charge is 0.159 e. The summed E-state index contributed by atoms with van der Waals surface area (Å²) in [5, 5.41) is 19.4. The topological polar surface area (TPSA) is 44.0 Å². The second-order valence-electron chi connectivity index (χ2n) is 4.55. The molecule has 1 aromatic rings. The average Bonchev–Trinajstić information content (AvgIpc) is 2.81. The molecule has 1 atom stereocenters. The van der Waals surface area contributed by atoms with E-state index in [1.807, 2.05) is 0 Å². The third-order valence-electron chi connectivity index (χ3n) is 3.50. The van der Waals surface area contributed by atoms with Gasteiger partial charge in [-0.05, 0) is 30.5 Å². The molecule has 0 saturated heterocycles. The number of aliphatic hydroxyl groups excluding tert-OH is 1. The molecule has 1 aliphatic carbocycles. The van der Waals surface area contributed by atoms with Crippen molar-refractivity contribution >= 4 is 0 Å². The van der Waals surface area contributed by atoms with E-state index >= 15 is 0 Å². The minimum Gasteiger partial charge on any atom is -0.387 e. The van der Waals surface area contributed by atoms with Gasteiger partial charge < -0.3 is 5.11 Å². The summed E-state index contributed by atoms with van der Waals surface area (Å²) in [6, 6.07) is 5.43. The van der Waals surface area contributed by atoms with Crippen LogP contribution in [0.15, 0.2) is 18.2 Å². The van der Waals surface area contributed by atoms with Crippen LogP contribution in [0.2, 0.25) is 0 Å². The van der Waals surface area contributed by atoms with Gasteiger partial charge in [0.2, 0.25) is 0 Å². The van der Waals surface area contributed by atoms with Crippen LogP contribution in [0, 0.1) is 28.4 Å². The summed E-state index contributed by atoms with van der Waals surface area (Å²) in [4.78, 5) is 0. The number of hydrogen-bond donors (Lipinski definition) is 1. The molecule has 1 aromatic carbocycles. The van der Waals surface area contributed by atoms with Gasteiger partial charge in [0.25, 0.3) is 0 Å². The van der Waals surface area contributed by atoms with Gasteiger partial charge in [-0.1, -0.05) is 18.9 Å². The van der Waals surface area contributed by atoms with Gasteiger partial charge in [0.1, 0.15) is 0 Å². The van der Waals surface area contributed by atoms with Crippen LogP contribution < -0.4 is 0 Å². The largest absolute Gasteiger partial charge is 0.387 e. The summed E-state index contributed by atoms with van der Waals surface area (Å²) < 4.78 is 25.9. The van der Waals surface area contributed by atoms with Crippen LogP contribution in [0.25, 0.3) is 0 Å². The summed E-state index contributed by atoms with van der Waals surface area (Å²) >= 11 is 0. The van der Waals surface area contributed by atoms with E-state index < -0.39 is 23.2 Å². The van der Waals surface area contributed by atoms with Crippen molar-refractivity contribution in [2.24, 2.45) is 5.41 Å². The van der Waals surface area contributed by atoms with Crippen molar-refractivity contribution in [3.63, 3.8) is 0 Å². The van der Waals surface area contributed by atoms with Gasteiger partial charge in [-0.2, -0.15) is 5.26 Å². The molecule has 2 nitrogen and oxygen atoms in total. The highest BCUT2D eigenvalue weighted by Crippen LogP contribution is 2.47. The van der Waals surface area contributed by atoms with Crippen molar-refractivity contribution in [2.75, 3.05) is 0 Å². The Morgan fingerprint density at radius 3 is 2.41 bits per heavy atom. The number of benzene rings is 1. The number of rotatable bonds is 2. The third-order valence-corrected chi connectivity index (χ3v) is 3.50. The molecule has 1 N–H and O–H groups in total. The van der Waals surface area contributed by atoms with Gasteiger partial charge in [0.15, 0.2) is 11.6 Å². The van der Waals surface area contributed by atoms with Crippen molar-refractivity contribution < 1.29 is 13.9 Å². The summed E-state index contributed by atoms with van der Waals surface area (Å²) in [6.45, 7) is 0. The summed E-state index contributed by atoms with van der Waals surface area (Å²) in [5.41, 5.74) is -0.572. The maximum Gasteiger partial charge on any atom is 0.159 e. The molecule has 2 rings (SSSR count). The Morgan fingerprint density at radius 2 is 1.88 bits per heavy atom. The molecule has 90 valence electrons. The Hall–Kier alpha value is -1.47. The van der Waals surface area contributed by atoms with E-state index in [1.54, 1.807) is 0 Å². The van der Waals surface area contributed by atoms with Crippen LogP contribution in [-0.2, 0) is 0 Å². The number of nitriles is 1. The molecule has 1 saturated carbocycles. The van der Waals surface area contributed by atoms with Gasteiger partial charge in [-0.25, -0.2) is 8.78 Å². The first-order chi connectivity index (χ1) is 8.09. The van der Waals surface area contributed by atoms with E-state index in [-0.39, 0.29) is 5.56 Å². The Balaban J connectivity index is 2.33. The molecular weight excluding hydrogens is 224 g/mol. The van der Waals surface area contributed by atoms with E-state index in [0.29, 0.717) is 12.8 Å². The monoisotopic (exact) mass is 237 g/mol. The summed E-state index contributed by atoms with van der Waals surface area (Å²) in [7, 11) is 0. The van der Waals surface area contributed by atoms with Gasteiger partial charge in [0, 0.05) is 0 Å². The minimum absolute atomic E-state index is 0.271. The predicted molar refractivity (Wildman–Crippen MR) is 57.8 cm³/mol. The molecule has 0 aliphatic heterocycles. The first-order valence-electron chi connectivity index (χ1n) is 5.63. The number of nitrogens with zero attached hydrogens (tertiary/aromatic N) is 1. The second kappa shape index (κ2) is 4.42. The molecule has 1 unspecified atom stereocenters. The Bertz CT molecular complexity index is 461. The van der Waals surface area contributed by atoms with Crippen molar-refractivity contribution in [1.29, 1.82) is 5.26 Å². The maximum atomic E-state index is 13.1. The van der Waals surface area contributed by atoms with E-state index in [0.717, 1.165) is 25.0 Å². The highest BCUT2D eigenvalue weighted by atomic mass is 19.2. The molecule has 1 aliphatic rings. The van der Waals surface area contributed by atoms with Crippen molar-refractivity contribution in [3.05, 3.63) is 35.4 Å². The molecule has 0 spiro atoms. The normalized spacial score (nSPS) is 19.9. The van der Waals surface area contributed by atoms with Crippen molar-refractivity contribution in [2.45, 2.75) is 31.8 Å². The van der Waals surface area contributed by atoms with Crippen LogP contribution in [-0.4, -0.2) is 5.11 Å². The fraction of sp³-hybridized carbons (Fsp3) is 0.462. The van der Waals surface area contributed by atoms with Crippen LogP contribution in [0.4, 0.5) is 8.78 Å². The fourth-order valence-corrected chi connectivity index (χ4v) is 2.45. The Morgan fingerprint density at radius 1 is 1.24 bits per heavy atom. The van der Waals surface area contributed by atoms with E-state index in [1.165, 1.54) is 6.07 Å². The van der Waals surface area contributed by atoms with Gasteiger partial charge in [0.05, 0.1) is 17.6 Å². The van der Waals surface area contributed by atoms with E-state index in [2.05, 4.69) is 6.07 Å². The summed E-state index contributed by atoms with van der Waals surface area (Å²) in [5.74, 6) is -1.94. The van der Waals surface area contributed by atoms with Crippen LogP contribution in [0.5, 0.6) is 0 Å². The molecule has 0 heterocycles. The summed E-state index contributed by atoms with van der Waals surface area (Å²) in [6.07, 6.45) is 1.92. The fourth-order valence-electron chi connectivity index (χ4n) is 2.45. The van der Waals surface area contributed by atoms with Crippen LogP contribution >= 0.6 is 0 Å². The average molecular weight is 237 g/mol. The first-order valence-corrected chi connectivity index (χ1v) is 5.63. The number of hydrogen-bond acceptors (Lipinski definition) is 2. The molecule has 17 heavy (non-hydrogen) atoms. The van der Waals surface area contributed by atoms with Gasteiger partial charge in [-0.15, -0.1) is 0 Å². The van der Waals surface area contributed by atoms with Crippen molar-refractivity contribution in [1.82, 2.24) is 0 Å². The standard InChI is InChI=1S/C13H13F2NO/c14-10-4-3-9(7-11(10)15)12(17)13(8-16)5-1-2-6-13/h3-4,7,12,17H,1-2,5-6H2. The first kappa shape index (κ1) is 12.0. The van der Waals surface area contributed by atoms with E-state index in [4.69, 9.17) is 0 Å². The van der Waals surface area contributed by atoms with Crippen molar-refractivity contribution in [3.8, 4) is 6.07 Å². The zero-order chi connectivity index (χ0) is 12.5. The molecule has 0 radical (unpaired) electrons. The highest BCUT2D eigenvalue weighted by molar-refractivity contribution is 5.25. The Labute approximate surface area is 98.5 Å². The molecule has 0 amide bonds. The highest BCUT2D eigenvalue weighted by Gasteiger charge is 2.41. The van der Waals surface area contributed by atoms with Gasteiger partial charge >= 0.3 is 0 Å². The van der Waals surface area contributed by atoms with E-state index in [9.17, 15) is 19.1 Å². The molecular formula is C13H13F2NO.